The fourth-order valence-corrected chi connectivity index (χ4v) is 3.42. The van der Waals surface area contributed by atoms with Gasteiger partial charge in [0.15, 0.2) is 5.69 Å². The Hall–Kier alpha value is -2.77. The van der Waals surface area contributed by atoms with Gasteiger partial charge in [-0.3, -0.25) is 9.59 Å². The summed E-state index contributed by atoms with van der Waals surface area (Å²) in [6.45, 7) is 0. The molecule has 0 saturated carbocycles. The van der Waals surface area contributed by atoms with Crippen molar-refractivity contribution in [1.29, 1.82) is 0 Å². The molecule has 1 amide bonds. The first kappa shape index (κ1) is 21.0. The quantitative estimate of drug-likeness (QED) is 0.448. The van der Waals surface area contributed by atoms with Crippen LogP contribution in [0.5, 0.6) is 0 Å². The first-order valence-electron chi connectivity index (χ1n) is 8.84. The summed E-state index contributed by atoms with van der Waals surface area (Å²) in [5.41, 5.74) is 1.71. The van der Waals surface area contributed by atoms with Gasteiger partial charge in [-0.2, -0.15) is 5.10 Å². The van der Waals surface area contributed by atoms with Gasteiger partial charge in [0.05, 0.1) is 30.3 Å². The van der Waals surface area contributed by atoms with Gasteiger partial charge in [0.2, 0.25) is 0 Å². The van der Waals surface area contributed by atoms with Crippen molar-refractivity contribution in [3.05, 3.63) is 77.1 Å². The van der Waals surface area contributed by atoms with E-state index in [1.165, 1.54) is 7.11 Å². The molecule has 1 atom stereocenters. The molecule has 150 valence electrons. The maximum Gasteiger partial charge on any atom is 0.307 e. The zero-order valence-corrected chi connectivity index (χ0v) is 17.5. The summed E-state index contributed by atoms with van der Waals surface area (Å²) in [4.78, 5) is 25.7. The molecular formula is C21H20ClN3O3S. The van der Waals surface area contributed by atoms with Crippen LogP contribution in [0.1, 0.15) is 28.5 Å². The van der Waals surface area contributed by atoms with E-state index in [0.29, 0.717) is 10.7 Å². The molecule has 6 nitrogen and oxygen atoms in total. The van der Waals surface area contributed by atoms with E-state index in [1.807, 2.05) is 48.7 Å². The third-order valence-electron chi connectivity index (χ3n) is 4.34. The van der Waals surface area contributed by atoms with Crippen molar-refractivity contribution in [2.45, 2.75) is 17.4 Å². The van der Waals surface area contributed by atoms with Crippen LogP contribution >= 0.6 is 23.4 Å². The molecule has 3 rings (SSSR count). The summed E-state index contributed by atoms with van der Waals surface area (Å²) in [5.74, 6) is -0.801. The average Bonchev–Trinajstić information content (AvgIpc) is 3.23. The van der Waals surface area contributed by atoms with Gasteiger partial charge < -0.3 is 10.1 Å². The zero-order valence-electron chi connectivity index (χ0n) is 16.0. The lowest BCUT2D eigenvalue weighted by atomic mass is 10.0. The lowest BCUT2D eigenvalue weighted by Gasteiger charge is -2.18. The zero-order chi connectivity index (χ0) is 20.8. The second-order valence-corrected chi connectivity index (χ2v) is 7.46. The molecule has 0 aliphatic carbocycles. The molecule has 8 heteroatoms. The van der Waals surface area contributed by atoms with Crippen LogP contribution in [0.25, 0.3) is 5.69 Å². The normalized spacial score (nSPS) is 11.7. The maximum atomic E-state index is 12.8. The molecule has 0 radical (unpaired) electrons. The lowest BCUT2D eigenvalue weighted by molar-refractivity contribution is -0.141. The van der Waals surface area contributed by atoms with Gasteiger partial charge in [-0.05, 0) is 42.2 Å². The Kier molecular flexibility index (Phi) is 6.95. The van der Waals surface area contributed by atoms with Gasteiger partial charge in [-0.1, -0.05) is 35.9 Å². The van der Waals surface area contributed by atoms with E-state index >= 15 is 0 Å². The molecule has 0 fully saturated rings. The number of rotatable bonds is 7. The lowest BCUT2D eigenvalue weighted by Crippen LogP contribution is -2.30. The number of carbonyl (C=O) groups is 2. The third-order valence-corrected chi connectivity index (χ3v) is 5.41. The first-order chi connectivity index (χ1) is 14.0. The highest BCUT2D eigenvalue weighted by Crippen LogP contribution is 2.23. The van der Waals surface area contributed by atoms with E-state index in [1.54, 1.807) is 34.8 Å². The van der Waals surface area contributed by atoms with E-state index in [9.17, 15) is 9.59 Å². The van der Waals surface area contributed by atoms with Crippen LogP contribution in [0, 0.1) is 0 Å². The fourth-order valence-electron chi connectivity index (χ4n) is 2.79. The SMILES string of the molecule is COC(=O)CC(NC(=O)c1ccn(-c2ccccc2Cl)n1)c1ccc(SC)cc1. The van der Waals surface area contributed by atoms with Crippen LogP contribution in [0.15, 0.2) is 65.7 Å². The molecule has 1 N–H and O–H groups in total. The van der Waals surface area contributed by atoms with Crippen molar-refractivity contribution in [1.82, 2.24) is 15.1 Å². The van der Waals surface area contributed by atoms with E-state index in [4.69, 9.17) is 16.3 Å². The molecule has 0 aliphatic heterocycles. The van der Waals surface area contributed by atoms with Crippen LogP contribution in [0.3, 0.4) is 0 Å². The molecule has 3 aromatic rings. The van der Waals surface area contributed by atoms with E-state index in [-0.39, 0.29) is 12.1 Å². The number of ether oxygens (including phenoxy) is 1. The van der Waals surface area contributed by atoms with Crippen LogP contribution < -0.4 is 5.32 Å². The summed E-state index contributed by atoms with van der Waals surface area (Å²) >= 11 is 7.81. The van der Waals surface area contributed by atoms with E-state index in [0.717, 1.165) is 10.5 Å². The Morgan fingerprint density at radius 2 is 1.90 bits per heavy atom. The minimum Gasteiger partial charge on any atom is -0.469 e. The number of nitrogens with one attached hydrogen (secondary N) is 1. The van der Waals surface area contributed by atoms with Crippen LogP contribution in [-0.4, -0.2) is 35.0 Å². The van der Waals surface area contributed by atoms with E-state index < -0.39 is 17.9 Å². The molecule has 1 unspecified atom stereocenters. The number of thioether (sulfide) groups is 1. The number of methoxy groups -OCH3 is 1. The van der Waals surface area contributed by atoms with Crippen molar-refractivity contribution in [2.75, 3.05) is 13.4 Å². The minimum absolute atomic E-state index is 0.0199. The second-order valence-electron chi connectivity index (χ2n) is 6.18. The highest BCUT2D eigenvalue weighted by Gasteiger charge is 2.21. The van der Waals surface area contributed by atoms with Gasteiger partial charge in [-0.15, -0.1) is 11.8 Å². The van der Waals surface area contributed by atoms with E-state index in [2.05, 4.69) is 10.4 Å². The van der Waals surface area contributed by atoms with Crippen molar-refractivity contribution >= 4 is 35.2 Å². The Morgan fingerprint density at radius 3 is 2.55 bits per heavy atom. The van der Waals surface area contributed by atoms with Crippen LogP contribution in [-0.2, 0) is 9.53 Å². The second kappa shape index (κ2) is 9.62. The van der Waals surface area contributed by atoms with Gasteiger partial charge in [0, 0.05) is 11.1 Å². The standard InChI is InChI=1S/C21H20ClN3O3S/c1-28-20(26)13-18(14-7-9-15(29-2)10-8-14)23-21(27)17-11-12-25(24-17)19-6-4-3-5-16(19)22/h3-12,18H,13H2,1-2H3,(H,23,27). The van der Waals surface area contributed by atoms with Crippen LogP contribution in [0.2, 0.25) is 5.02 Å². The minimum atomic E-state index is -0.531. The maximum absolute atomic E-state index is 12.8. The monoisotopic (exact) mass is 429 g/mol. The first-order valence-corrected chi connectivity index (χ1v) is 10.4. The molecular weight excluding hydrogens is 410 g/mol. The number of halogens is 1. The summed E-state index contributed by atoms with van der Waals surface area (Å²) in [7, 11) is 1.32. The summed E-state index contributed by atoms with van der Waals surface area (Å²) in [6, 6.07) is 16.0. The number of esters is 1. The third kappa shape index (κ3) is 5.19. The summed E-state index contributed by atoms with van der Waals surface area (Å²) in [6.07, 6.45) is 3.67. The van der Waals surface area contributed by atoms with Gasteiger partial charge >= 0.3 is 5.97 Å². The number of amides is 1. The topological polar surface area (TPSA) is 73.2 Å². The Bertz CT molecular complexity index is 1000. The number of aromatic nitrogens is 2. The number of hydrogen-bond donors (Lipinski definition) is 1. The molecule has 29 heavy (non-hydrogen) atoms. The van der Waals surface area contributed by atoms with Crippen LogP contribution in [0.4, 0.5) is 0 Å². The highest BCUT2D eigenvalue weighted by atomic mass is 35.5. The summed E-state index contributed by atoms with van der Waals surface area (Å²) in [5, 5.41) is 7.72. The predicted molar refractivity (Wildman–Crippen MR) is 114 cm³/mol. The number of benzene rings is 2. The fraction of sp³-hybridized carbons (Fsp3) is 0.190. The number of hydrogen-bond acceptors (Lipinski definition) is 5. The number of carbonyl (C=O) groups excluding carboxylic acids is 2. The Morgan fingerprint density at radius 1 is 1.17 bits per heavy atom. The molecule has 0 spiro atoms. The number of para-hydroxylation sites is 1. The molecule has 0 aliphatic rings. The molecule has 1 aromatic heterocycles. The highest BCUT2D eigenvalue weighted by molar-refractivity contribution is 7.98. The molecule has 0 bridgehead atoms. The Labute approximate surface area is 178 Å². The smallest absolute Gasteiger partial charge is 0.307 e. The van der Waals surface area contributed by atoms with Crippen molar-refractivity contribution in [3.8, 4) is 5.69 Å². The molecule has 1 heterocycles. The largest absolute Gasteiger partial charge is 0.469 e. The van der Waals surface area contributed by atoms with Crippen molar-refractivity contribution in [2.24, 2.45) is 0 Å². The molecule has 2 aromatic carbocycles. The summed E-state index contributed by atoms with van der Waals surface area (Å²) < 4.78 is 6.32. The number of nitrogens with zero attached hydrogens (tertiary/aromatic N) is 2. The van der Waals surface area contributed by atoms with Gasteiger partial charge in [0.1, 0.15) is 0 Å². The Balaban J connectivity index is 1.81. The van der Waals surface area contributed by atoms with Gasteiger partial charge in [0.25, 0.3) is 5.91 Å². The predicted octanol–water partition coefficient (Wildman–Crippen LogP) is 4.28. The molecule has 0 saturated heterocycles. The van der Waals surface area contributed by atoms with Gasteiger partial charge in [-0.25, -0.2) is 4.68 Å². The van der Waals surface area contributed by atoms with Crippen molar-refractivity contribution < 1.29 is 14.3 Å². The average molecular weight is 430 g/mol. The van der Waals surface area contributed by atoms with Crippen molar-refractivity contribution in [3.63, 3.8) is 0 Å².